The van der Waals surface area contributed by atoms with E-state index in [9.17, 15) is 17.2 Å². The maximum absolute atomic E-state index is 12.6. The van der Waals surface area contributed by atoms with Crippen LogP contribution in [0.25, 0.3) is 0 Å². The smallest absolute Gasteiger partial charge is 0.230 e. The topological polar surface area (TPSA) is 96.8 Å². The lowest BCUT2D eigenvalue weighted by atomic mass is 10.2. The van der Waals surface area contributed by atoms with Crippen LogP contribution >= 0.6 is 15.9 Å². The highest BCUT2D eigenvalue weighted by Crippen LogP contribution is 2.29. The number of nitrogens with zero attached hydrogens (tertiary/aromatic N) is 2. The molecule has 0 amide bonds. The summed E-state index contributed by atoms with van der Waals surface area (Å²) >= 11 is 2.80. The Morgan fingerprint density at radius 1 is 1.56 bits per heavy atom. The van der Waals surface area contributed by atoms with Crippen molar-refractivity contribution in [3.8, 4) is 6.07 Å². The van der Waals surface area contributed by atoms with Crippen molar-refractivity contribution in [3.05, 3.63) is 21.9 Å². The number of alkyl halides is 2. The number of nitrogens with two attached hydrogens (primary N) is 1. The van der Waals surface area contributed by atoms with Gasteiger partial charge in [0, 0.05) is 0 Å². The first-order valence-corrected chi connectivity index (χ1v) is 6.02. The molecule has 1 aromatic rings. The average molecular weight is 312 g/mol. The van der Waals surface area contributed by atoms with E-state index in [-0.39, 0.29) is 4.60 Å². The second-order valence-corrected chi connectivity index (χ2v) is 5.01. The SMILES string of the molecule is N#Cc1nc(Br)cc(S(N)(=O)=O)c1C(F)F. The van der Waals surface area contributed by atoms with Gasteiger partial charge in [-0.05, 0) is 22.0 Å². The second kappa shape index (κ2) is 4.40. The number of pyridine rings is 1. The van der Waals surface area contributed by atoms with Crippen LogP contribution in [0.3, 0.4) is 0 Å². The quantitative estimate of drug-likeness (QED) is 0.832. The molecule has 0 aliphatic rings. The fourth-order valence-corrected chi connectivity index (χ4v) is 2.36. The van der Waals surface area contributed by atoms with E-state index in [0.717, 1.165) is 6.07 Å². The summed E-state index contributed by atoms with van der Waals surface area (Å²) in [7, 11) is -4.33. The molecule has 1 rings (SSSR count). The molecule has 0 bridgehead atoms. The van der Waals surface area contributed by atoms with Gasteiger partial charge in [-0.15, -0.1) is 0 Å². The normalized spacial score (nSPS) is 11.5. The second-order valence-electron chi connectivity index (χ2n) is 2.66. The van der Waals surface area contributed by atoms with Gasteiger partial charge in [0.25, 0.3) is 6.43 Å². The lowest BCUT2D eigenvalue weighted by Crippen LogP contribution is -2.16. The minimum atomic E-state index is -4.33. The first-order valence-electron chi connectivity index (χ1n) is 3.69. The Morgan fingerprint density at radius 3 is 2.50 bits per heavy atom. The summed E-state index contributed by atoms with van der Waals surface area (Å²) in [5.41, 5.74) is -1.65. The molecule has 0 aliphatic heterocycles. The van der Waals surface area contributed by atoms with Crippen LogP contribution in [-0.2, 0) is 10.0 Å². The van der Waals surface area contributed by atoms with Crippen LogP contribution in [0.2, 0.25) is 0 Å². The number of aromatic nitrogens is 1. The summed E-state index contributed by atoms with van der Waals surface area (Å²) in [6, 6.07) is 2.22. The van der Waals surface area contributed by atoms with Gasteiger partial charge < -0.3 is 0 Å². The molecule has 0 spiro atoms. The van der Waals surface area contributed by atoms with Gasteiger partial charge in [0.1, 0.15) is 10.7 Å². The van der Waals surface area contributed by atoms with Gasteiger partial charge in [0.15, 0.2) is 5.69 Å². The number of hydrogen-bond donors (Lipinski definition) is 1. The van der Waals surface area contributed by atoms with Crippen molar-refractivity contribution in [3.63, 3.8) is 0 Å². The molecular weight excluding hydrogens is 308 g/mol. The van der Waals surface area contributed by atoms with Gasteiger partial charge in [0.05, 0.1) is 10.5 Å². The molecule has 0 radical (unpaired) electrons. The lowest BCUT2D eigenvalue weighted by molar-refractivity contribution is 0.147. The molecule has 0 aromatic carbocycles. The number of rotatable bonds is 2. The van der Waals surface area contributed by atoms with Crippen LogP contribution < -0.4 is 5.14 Å². The standard InChI is InChI=1S/C7H4BrF2N3O2S/c8-5-1-4(16(12,14)15)6(7(9)10)3(2-11)13-5/h1,7H,(H2,12,14,15). The van der Waals surface area contributed by atoms with E-state index >= 15 is 0 Å². The van der Waals surface area contributed by atoms with Crippen LogP contribution in [0.5, 0.6) is 0 Å². The number of hydrogen-bond acceptors (Lipinski definition) is 4. The van der Waals surface area contributed by atoms with Crippen LogP contribution in [0, 0.1) is 11.3 Å². The Kier molecular flexibility index (Phi) is 3.57. The molecule has 5 nitrogen and oxygen atoms in total. The zero-order valence-corrected chi connectivity index (χ0v) is 9.89. The van der Waals surface area contributed by atoms with Gasteiger partial charge >= 0.3 is 0 Å². The maximum Gasteiger partial charge on any atom is 0.267 e. The Balaban J connectivity index is 3.73. The largest absolute Gasteiger partial charge is 0.267 e. The number of nitriles is 1. The highest BCUT2D eigenvalue weighted by atomic mass is 79.9. The summed E-state index contributed by atoms with van der Waals surface area (Å²) in [4.78, 5) is 2.64. The molecule has 1 aromatic heterocycles. The van der Waals surface area contributed by atoms with Crippen molar-refractivity contribution in [1.29, 1.82) is 5.26 Å². The molecule has 9 heteroatoms. The van der Waals surface area contributed by atoms with E-state index in [1.807, 2.05) is 0 Å². The third-order valence-corrected chi connectivity index (χ3v) is 2.98. The van der Waals surface area contributed by atoms with E-state index in [2.05, 4.69) is 20.9 Å². The van der Waals surface area contributed by atoms with Crippen LogP contribution in [0.1, 0.15) is 17.7 Å². The van der Waals surface area contributed by atoms with Crippen LogP contribution in [-0.4, -0.2) is 13.4 Å². The van der Waals surface area contributed by atoms with Crippen molar-refractivity contribution < 1.29 is 17.2 Å². The summed E-state index contributed by atoms with van der Waals surface area (Å²) in [6.07, 6.45) is -3.15. The first kappa shape index (κ1) is 13.0. The van der Waals surface area contributed by atoms with Crippen molar-refractivity contribution in [2.45, 2.75) is 11.3 Å². The predicted molar refractivity (Wildman–Crippen MR) is 53.0 cm³/mol. The fraction of sp³-hybridized carbons (Fsp3) is 0.143. The average Bonchev–Trinajstić information content (AvgIpc) is 2.14. The van der Waals surface area contributed by atoms with E-state index < -0.39 is 32.6 Å². The van der Waals surface area contributed by atoms with Crippen molar-refractivity contribution >= 4 is 26.0 Å². The lowest BCUT2D eigenvalue weighted by Gasteiger charge is -2.08. The zero-order valence-electron chi connectivity index (χ0n) is 7.49. The van der Waals surface area contributed by atoms with E-state index in [1.54, 1.807) is 0 Å². The molecule has 0 saturated heterocycles. The van der Waals surface area contributed by atoms with Gasteiger partial charge in [0.2, 0.25) is 10.0 Å². The Morgan fingerprint density at radius 2 is 2.12 bits per heavy atom. The highest BCUT2D eigenvalue weighted by Gasteiger charge is 2.26. The summed E-state index contributed by atoms with van der Waals surface area (Å²) < 4.78 is 47.3. The van der Waals surface area contributed by atoms with Crippen molar-refractivity contribution in [2.75, 3.05) is 0 Å². The summed E-state index contributed by atoms with van der Waals surface area (Å²) in [6.45, 7) is 0. The zero-order chi connectivity index (χ0) is 12.5. The number of halogens is 3. The molecule has 1 heterocycles. The minimum absolute atomic E-state index is 0.0579. The molecular formula is C7H4BrF2N3O2S. The Hall–Kier alpha value is -1.11. The van der Waals surface area contributed by atoms with E-state index in [4.69, 9.17) is 10.4 Å². The highest BCUT2D eigenvalue weighted by molar-refractivity contribution is 9.10. The van der Waals surface area contributed by atoms with Crippen LogP contribution in [0.15, 0.2) is 15.6 Å². The minimum Gasteiger partial charge on any atom is -0.230 e. The molecule has 86 valence electrons. The Labute approximate surface area is 98.1 Å². The molecule has 0 fully saturated rings. The summed E-state index contributed by atoms with van der Waals surface area (Å²) in [5, 5.41) is 13.3. The van der Waals surface area contributed by atoms with Gasteiger partial charge in [-0.1, -0.05) is 0 Å². The monoisotopic (exact) mass is 311 g/mol. The molecule has 0 atom stereocenters. The number of primary sulfonamides is 1. The maximum atomic E-state index is 12.6. The van der Waals surface area contributed by atoms with Gasteiger partial charge in [-0.2, -0.15) is 5.26 Å². The first-order chi connectivity index (χ1) is 7.27. The predicted octanol–water partition coefficient (Wildman–Crippen LogP) is 1.30. The third-order valence-electron chi connectivity index (χ3n) is 1.62. The summed E-state index contributed by atoms with van der Waals surface area (Å²) in [5.74, 6) is 0. The van der Waals surface area contributed by atoms with E-state index in [1.165, 1.54) is 6.07 Å². The van der Waals surface area contributed by atoms with Gasteiger partial charge in [-0.3, -0.25) is 0 Å². The molecule has 0 saturated carbocycles. The van der Waals surface area contributed by atoms with Crippen LogP contribution in [0.4, 0.5) is 8.78 Å². The van der Waals surface area contributed by atoms with E-state index in [0.29, 0.717) is 0 Å². The third kappa shape index (κ3) is 2.52. The number of sulfonamides is 1. The van der Waals surface area contributed by atoms with Crippen molar-refractivity contribution in [2.24, 2.45) is 5.14 Å². The van der Waals surface area contributed by atoms with Crippen molar-refractivity contribution in [1.82, 2.24) is 4.98 Å². The Bertz CT molecular complexity index is 568. The molecule has 2 N–H and O–H groups in total. The molecule has 0 aliphatic carbocycles. The fourth-order valence-electron chi connectivity index (χ4n) is 1.03. The molecule has 16 heavy (non-hydrogen) atoms. The van der Waals surface area contributed by atoms with Gasteiger partial charge in [-0.25, -0.2) is 27.3 Å². The molecule has 0 unspecified atom stereocenters.